The summed E-state index contributed by atoms with van der Waals surface area (Å²) in [6.07, 6.45) is 3.24. The van der Waals surface area contributed by atoms with Gasteiger partial charge >= 0.3 is 0 Å². The van der Waals surface area contributed by atoms with Crippen molar-refractivity contribution in [2.75, 3.05) is 13.1 Å². The zero-order chi connectivity index (χ0) is 10.4. The van der Waals surface area contributed by atoms with Gasteiger partial charge in [-0.25, -0.2) is 0 Å². The van der Waals surface area contributed by atoms with Gasteiger partial charge in [-0.1, -0.05) is 6.08 Å². The molecule has 1 aromatic heterocycles. The Bertz CT molecular complexity index is 293. The Morgan fingerprint density at radius 1 is 1.71 bits per heavy atom. The molecule has 0 aromatic carbocycles. The molecule has 0 fully saturated rings. The highest BCUT2D eigenvalue weighted by Gasteiger charge is 2.11. The van der Waals surface area contributed by atoms with E-state index in [9.17, 15) is 4.79 Å². The number of amides is 1. The molecule has 2 N–H and O–H groups in total. The van der Waals surface area contributed by atoms with Crippen molar-refractivity contribution in [3.05, 3.63) is 36.8 Å². The van der Waals surface area contributed by atoms with Crippen LogP contribution in [0.5, 0.6) is 0 Å². The van der Waals surface area contributed by atoms with Gasteiger partial charge in [-0.2, -0.15) is 0 Å². The summed E-state index contributed by atoms with van der Waals surface area (Å²) in [5.41, 5.74) is 5.28. The van der Waals surface area contributed by atoms with E-state index in [1.54, 1.807) is 23.3 Å². The maximum Gasteiger partial charge on any atom is 0.236 e. The van der Waals surface area contributed by atoms with E-state index in [2.05, 4.69) is 6.58 Å². The Morgan fingerprint density at radius 3 is 3.00 bits per heavy atom. The highest BCUT2D eigenvalue weighted by atomic mass is 16.3. The monoisotopic (exact) mass is 194 g/mol. The maximum absolute atomic E-state index is 11.3. The molecule has 1 aromatic rings. The first-order valence-corrected chi connectivity index (χ1v) is 4.39. The van der Waals surface area contributed by atoms with Gasteiger partial charge in [0, 0.05) is 6.54 Å². The lowest BCUT2D eigenvalue weighted by atomic mass is 10.3. The average molecular weight is 194 g/mol. The molecule has 4 nitrogen and oxygen atoms in total. The molecule has 0 unspecified atom stereocenters. The van der Waals surface area contributed by atoms with Gasteiger partial charge in [-0.05, 0) is 12.1 Å². The largest absolute Gasteiger partial charge is 0.467 e. The third kappa shape index (κ3) is 2.74. The van der Waals surface area contributed by atoms with Crippen LogP contribution in [0.15, 0.2) is 35.5 Å². The highest BCUT2D eigenvalue weighted by molar-refractivity contribution is 5.78. The number of hydrogen-bond acceptors (Lipinski definition) is 3. The molecule has 4 heteroatoms. The minimum absolute atomic E-state index is 0.00848. The first-order valence-electron chi connectivity index (χ1n) is 4.39. The zero-order valence-electron chi connectivity index (χ0n) is 7.98. The summed E-state index contributed by atoms with van der Waals surface area (Å²) < 4.78 is 5.14. The Hall–Kier alpha value is -1.55. The van der Waals surface area contributed by atoms with Crippen LogP contribution >= 0.6 is 0 Å². The van der Waals surface area contributed by atoms with Crippen molar-refractivity contribution in [1.82, 2.24) is 4.90 Å². The van der Waals surface area contributed by atoms with Crippen LogP contribution < -0.4 is 5.73 Å². The SMILES string of the molecule is C=CCN(Cc1ccco1)C(=O)CN. The number of rotatable bonds is 5. The number of nitrogens with zero attached hydrogens (tertiary/aromatic N) is 1. The van der Waals surface area contributed by atoms with E-state index < -0.39 is 0 Å². The number of carbonyl (C=O) groups excluding carboxylic acids is 1. The van der Waals surface area contributed by atoms with E-state index in [1.807, 2.05) is 6.07 Å². The van der Waals surface area contributed by atoms with Crippen molar-refractivity contribution in [1.29, 1.82) is 0 Å². The summed E-state index contributed by atoms with van der Waals surface area (Å²) >= 11 is 0. The molecule has 0 aliphatic heterocycles. The number of furan rings is 1. The van der Waals surface area contributed by atoms with Gasteiger partial charge in [-0.15, -0.1) is 6.58 Å². The fourth-order valence-electron chi connectivity index (χ4n) is 1.13. The normalized spacial score (nSPS) is 9.79. The third-order valence-corrected chi connectivity index (χ3v) is 1.80. The van der Waals surface area contributed by atoms with E-state index in [1.165, 1.54) is 0 Å². The van der Waals surface area contributed by atoms with Crippen molar-refractivity contribution in [3.63, 3.8) is 0 Å². The van der Waals surface area contributed by atoms with Crippen molar-refractivity contribution < 1.29 is 9.21 Å². The van der Waals surface area contributed by atoms with Crippen LogP contribution in [0.1, 0.15) is 5.76 Å². The molecular weight excluding hydrogens is 180 g/mol. The smallest absolute Gasteiger partial charge is 0.236 e. The van der Waals surface area contributed by atoms with Crippen LogP contribution in [0.3, 0.4) is 0 Å². The first-order chi connectivity index (χ1) is 6.77. The fourth-order valence-corrected chi connectivity index (χ4v) is 1.13. The van der Waals surface area contributed by atoms with Crippen molar-refractivity contribution in [2.45, 2.75) is 6.54 Å². The lowest BCUT2D eigenvalue weighted by molar-refractivity contribution is -0.129. The summed E-state index contributed by atoms with van der Waals surface area (Å²) in [5, 5.41) is 0. The molecule has 1 amide bonds. The maximum atomic E-state index is 11.3. The second-order valence-electron chi connectivity index (χ2n) is 2.85. The summed E-state index contributed by atoms with van der Waals surface area (Å²) in [4.78, 5) is 12.9. The van der Waals surface area contributed by atoms with E-state index in [-0.39, 0.29) is 12.5 Å². The minimum atomic E-state index is -0.110. The van der Waals surface area contributed by atoms with Crippen molar-refractivity contribution in [3.8, 4) is 0 Å². The fraction of sp³-hybridized carbons (Fsp3) is 0.300. The molecule has 14 heavy (non-hydrogen) atoms. The van der Waals surface area contributed by atoms with Crippen LogP contribution in [0, 0.1) is 0 Å². The summed E-state index contributed by atoms with van der Waals surface area (Å²) in [6, 6.07) is 3.61. The van der Waals surface area contributed by atoms with E-state index in [4.69, 9.17) is 10.2 Å². The summed E-state index contributed by atoms with van der Waals surface area (Å²) in [6.45, 7) is 4.51. The van der Waals surface area contributed by atoms with Crippen LogP contribution in [0.2, 0.25) is 0 Å². The van der Waals surface area contributed by atoms with Gasteiger partial charge in [0.25, 0.3) is 0 Å². The number of nitrogens with two attached hydrogens (primary N) is 1. The van der Waals surface area contributed by atoms with Crippen molar-refractivity contribution in [2.24, 2.45) is 5.73 Å². The molecule has 0 saturated carbocycles. The molecule has 0 spiro atoms. The van der Waals surface area contributed by atoms with Gasteiger partial charge < -0.3 is 15.1 Å². The Balaban J connectivity index is 2.59. The highest BCUT2D eigenvalue weighted by Crippen LogP contribution is 2.05. The number of hydrogen-bond donors (Lipinski definition) is 1. The van der Waals surface area contributed by atoms with Gasteiger partial charge in [-0.3, -0.25) is 4.79 Å². The first kappa shape index (κ1) is 10.5. The standard InChI is InChI=1S/C10H14N2O2/c1-2-5-12(10(13)7-11)8-9-4-3-6-14-9/h2-4,6H,1,5,7-8,11H2. The van der Waals surface area contributed by atoms with Gasteiger partial charge in [0.2, 0.25) is 5.91 Å². The van der Waals surface area contributed by atoms with E-state index >= 15 is 0 Å². The second kappa shape index (κ2) is 5.24. The quantitative estimate of drug-likeness (QED) is 0.704. The molecule has 1 rings (SSSR count). The molecule has 0 radical (unpaired) electrons. The molecule has 0 saturated heterocycles. The zero-order valence-corrected chi connectivity index (χ0v) is 7.98. The molecule has 0 atom stereocenters. The molecule has 0 aliphatic carbocycles. The Morgan fingerprint density at radius 2 is 2.50 bits per heavy atom. The lowest BCUT2D eigenvalue weighted by Crippen LogP contribution is -2.35. The van der Waals surface area contributed by atoms with Gasteiger partial charge in [0.15, 0.2) is 0 Å². The lowest BCUT2D eigenvalue weighted by Gasteiger charge is -2.18. The van der Waals surface area contributed by atoms with Gasteiger partial charge in [0.1, 0.15) is 5.76 Å². The predicted molar refractivity (Wildman–Crippen MR) is 53.4 cm³/mol. The van der Waals surface area contributed by atoms with Crippen molar-refractivity contribution >= 4 is 5.91 Å². The van der Waals surface area contributed by atoms with Crippen LogP contribution in [0.25, 0.3) is 0 Å². The van der Waals surface area contributed by atoms with E-state index in [0.717, 1.165) is 5.76 Å². The molecular formula is C10H14N2O2. The average Bonchev–Trinajstić information content (AvgIpc) is 2.68. The summed E-state index contributed by atoms with van der Waals surface area (Å²) in [5.74, 6) is 0.634. The Kier molecular flexibility index (Phi) is 3.94. The number of carbonyl (C=O) groups is 1. The third-order valence-electron chi connectivity index (χ3n) is 1.80. The molecule has 1 heterocycles. The van der Waals surface area contributed by atoms with E-state index in [0.29, 0.717) is 13.1 Å². The summed E-state index contributed by atoms with van der Waals surface area (Å²) in [7, 11) is 0. The van der Waals surface area contributed by atoms with Crippen LogP contribution in [0.4, 0.5) is 0 Å². The predicted octanol–water partition coefficient (Wildman–Crippen LogP) is 0.753. The molecule has 0 aliphatic rings. The minimum Gasteiger partial charge on any atom is -0.467 e. The van der Waals surface area contributed by atoms with Crippen LogP contribution in [-0.2, 0) is 11.3 Å². The second-order valence-corrected chi connectivity index (χ2v) is 2.85. The molecule has 76 valence electrons. The topological polar surface area (TPSA) is 59.5 Å². The van der Waals surface area contributed by atoms with Crippen LogP contribution in [-0.4, -0.2) is 23.9 Å². The van der Waals surface area contributed by atoms with Gasteiger partial charge in [0.05, 0.1) is 19.4 Å². The Labute approximate surface area is 83.0 Å². The molecule has 0 bridgehead atoms.